The summed E-state index contributed by atoms with van der Waals surface area (Å²) in [6.07, 6.45) is 1.57. The second kappa shape index (κ2) is 6.83. The zero-order valence-electron chi connectivity index (χ0n) is 12.1. The van der Waals surface area contributed by atoms with E-state index in [-0.39, 0.29) is 11.5 Å². The van der Waals surface area contributed by atoms with Gasteiger partial charge in [0.2, 0.25) is 0 Å². The molecular formula is C16H18FN3O. The molecule has 0 aliphatic rings. The average Bonchev–Trinajstić information content (AvgIpc) is 2.46. The highest BCUT2D eigenvalue weighted by atomic mass is 19.1. The standard InChI is InChI=1S/C16H18FN3O/c1-11(2)9-18-15-7-6-14(10-19-15)20-16(21)12-4-3-5-13(17)8-12/h3-8,10-11H,9H2,1-2H3,(H,18,19)(H,20,21). The molecule has 0 fully saturated rings. The van der Waals surface area contributed by atoms with Crippen LogP contribution in [-0.2, 0) is 0 Å². The molecule has 1 amide bonds. The van der Waals surface area contributed by atoms with Crippen molar-refractivity contribution in [2.24, 2.45) is 5.92 Å². The molecule has 0 radical (unpaired) electrons. The number of carbonyl (C=O) groups is 1. The number of anilines is 2. The van der Waals surface area contributed by atoms with E-state index in [1.54, 1.807) is 24.4 Å². The fourth-order valence-electron chi connectivity index (χ4n) is 1.71. The van der Waals surface area contributed by atoms with Gasteiger partial charge in [0.25, 0.3) is 5.91 Å². The van der Waals surface area contributed by atoms with Crippen LogP contribution >= 0.6 is 0 Å². The molecule has 1 aromatic heterocycles. The van der Waals surface area contributed by atoms with Crippen molar-refractivity contribution in [1.82, 2.24) is 4.98 Å². The van der Waals surface area contributed by atoms with Crippen molar-refractivity contribution in [1.29, 1.82) is 0 Å². The molecular weight excluding hydrogens is 269 g/mol. The fourth-order valence-corrected chi connectivity index (χ4v) is 1.71. The molecule has 2 N–H and O–H groups in total. The van der Waals surface area contributed by atoms with E-state index in [1.165, 1.54) is 18.2 Å². The van der Waals surface area contributed by atoms with E-state index < -0.39 is 5.82 Å². The van der Waals surface area contributed by atoms with Gasteiger partial charge in [-0.15, -0.1) is 0 Å². The summed E-state index contributed by atoms with van der Waals surface area (Å²) < 4.78 is 13.1. The Morgan fingerprint density at radius 1 is 1.29 bits per heavy atom. The molecule has 0 saturated carbocycles. The molecule has 2 rings (SSSR count). The summed E-state index contributed by atoms with van der Waals surface area (Å²) in [4.78, 5) is 16.2. The highest BCUT2D eigenvalue weighted by Gasteiger charge is 2.07. The lowest BCUT2D eigenvalue weighted by Gasteiger charge is -2.09. The second-order valence-corrected chi connectivity index (χ2v) is 5.17. The summed E-state index contributed by atoms with van der Waals surface area (Å²) in [5.74, 6) is 0.486. The lowest BCUT2D eigenvalue weighted by molar-refractivity contribution is 0.102. The second-order valence-electron chi connectivity index (χ2n) is 5.17. The first-order chi connectivity index (χ1) is 10.0. The molecule has 1 aromatic carbocycles. The largest absolute Gasteiger partial charge is 0.370 e. The Labute approximate surface area is 123 Å². The molecule has 21 heavy (non-hydrogen) atoms. The number of rotatable bonds is 5. The summed E-state index contributed by atoms with van der Waals surface area (Å²) in [5.41, 5.74) is 0.844. The molecule has 0 atom stereocenters. The normalized spacial score (nSPS) is 10.5. The van der Waals surface area contributed by atoms with Gasteiger partial charge in [-0.1, -0.05) is 19.9 Å². The first-order valence-electron chi connectivity index (χ1n) is 6.81. The number of benzene rings is 1. The zero-order chi connectivity index (χ0) is 15.2. The minimum absolute atomic E-state index is 0.275. The van der Waals surface area contributed by atoms with Gasteiger partial charge in [0.1, 0.15) is 11.6 Å². The van der Waals surface area contributed by atoms with E-state index >= 15 is 0 Å². The van der Waals surface area contributed by atoms with Crippen LogP contribution < -0.4 is 10.6 Å². The van der Waals surface area contributed by atoms with Crippen LogP contribution in [0.15, 0.2) is 42.6 Å². The van der Waals surface area contributed by atoms with E-state index in [9.17, 15) is 9.18 Å². The van der Waals surface area contributed by atoms with Gasteiger partial charge in [0, 0.05) is 12.1 Å². The predicted molar refractivity (Wildman–Crippen MR) is 81.9 cm³/mol. The Balaban J connectivity index is 1.98. The first kappa shape index (κ1) is 15.0. The van der Waals surface area contributed by atoms with E-state index in [4.69, 9.17) is 0 Å². The maximum Gasteiger partial charge on any atom is 0.255 e. The zero-order valence-corrected chi connectivity index (χ0v) is 12.1. The van der Waals surface area contributed by atoms with Crippen molar-refractivity contribution >= 4 is 17.4 Å². The van der Waals surface area contributed by atoms with Gasteiger partial charge in [0.05, 0.1) is 11.9 Å². The third kappa shape index (κ3) is 4.56. The van der Waals surface area contributed by atoms with Gasteiger partial charge in [-0.05, 0) is 36.2 Å². The Hall–Kier alpha value is -2.43. The van der Waals surface area contributed by atoms with E-state index in [1.807, 2.05) is 0 Å². The Morgan fingerprint density at radius 2 is 2.10 bits per heavy atom. The summed E-state index contributed by atoms with van der Waals surface area (Å²) in [5, 5.41) is 5.87. The number of carbonyl (C=O) groups excluding carboxylic acids is 1. The number of hydrogen-bond acceptors (Lipinski definition) is 3. The van der Waals surface area contributed by atoms with E-state index in [2.05, 4.69) is 29.5 Å². The van der Waals surface area contributed by atoms with Gasteiger partial charge in [-0.3, -0.25) is 4.79 Å². The van der Waals surface area contributed by atoms with Crippen molar-refractivity contribution in [2.45, 2.75) is 13.8 Å². The lowest BCUT2D eigenvalue weighted by atomic mass is 10.2. The molecule has 2 aromatic rings. The fraction of sp³-hybridized carbons (Fsp3) is 0.250. The number of aromatic nitrogens is 1. The van der Waals surface area contributed by atoms with Crippen molar-refractivity contribution in [3.63, 3.8) is 0 Å². The monoisotopic (exact) mass is 287 g/mol. The number of nitrogens with one attached hydrogen (secondary N) is 2. The highest BCUT2D eigenvalue weighted by Crippen LogP contribution is 2.12. The third-order valence-electron chi connectivity index (χ3n) is 2.80. The highest BCUT2D eigenvalue weighted by molar-refractivity contribution is 6.04. The smallest absolute Gasteiger partial charge is 0.255 e. The Morgan fingerprint density at radius 3 is 2.71 bits per heavy atom. The quantitative estimate of drug-likeness (QED) is 0.884. The van der Waals surface area contributed by atoms with Gasteiger partial charge in [-0.2, -0.15) is 0 Å². The van der Waals surface area contributed by atoms with Crippen LogP contribution in [0.25, 0.3) is 0 Å². The molecule has 4 nitrogen and oxygen atoms in total. The first-order valence-corrected chi connectivity index (χ1v) is 6.81. The summed E-state index contributed by atoms with van der Waals surface area (Å²) in [6, 6.07) is 9.11. The molecule has 0 saturated heterocycles. The van der Waals surface area contributed by atoms with Gasteiger partial charge in [0.15, 0.2) is 0 Å². The Kier molecular flexibility index (Phi) is 4.87. The molecule has 0 bridgehead atoms. The van der Waals surface area contributed by atoms with Crippen molar-refractivity contribution in [3.8, 4) is 0 Å². The number of nitrogens with zero attached hydrogens (tertiary/aromatic N) is 1. The summed E-state index contributed by atoms with van der Waals surface area (Å²) in [6.45, 7) is 5.06. The van der Waals surface area contributed by atoms with Crippen LogP contribution in [0, 0.1) is 11.7 Å². The van der Waals surface area contributed by atoms with Crippen LogP contribution in [0.3, 0.4) is 0 Å². The summed E-state index contributed by atoms with van der Waals surface area (Å²) in [7, 11) is 0. The van der Waals surface area contributed by atoms with E-state index in [0.29, 0.717) is 11.6 Å². The SMILES string of the molecule is CC(C)CNc1ccc(NC(=O)c2cccc(F)c2)cn1. The van der Waals surface area contributed by atoms with Crippen LogP contribution in [0.1, 0.15) is 24.2 Å². The van der Waals surface area contributed by atoms with Crippen LogP contribution in [0.5, 0.6) is 0 Å². The molecule has 110 valence electrons. The average molecular weight is 287 g/mol. The van der Waals surface area contributed by atoms with E-state index in [0.717, 1.165) is 12.4 Å². The number of hydrogen-bond donors (Lipinski definition) is 2. The lowest BCUT2D eigenvalue weighted by Crippen LogP contribution is -2.13. The minimum atomic E-state index is -0.436. The third-order valence-corrected chi connectivity index (χ3v) is 2.80. The maximum absolute atomic E-state index is 13.1. The van der Waals surface area contributed by atoms with Crippen molar-refractivity contribution in [3.05, 3.63) is 54.0 Å². The number of pyridine rings is 1. The molecule has 0 aliphatic heterocycles. The van der Waals surface area contributed by atoms with Crippen LogP contribution in [0.4, 0.5) is 15.9 Å². The van der Waals surface area contributed by atoms with Crippen molar-refractivity contribution < 1.29 is 9.18 Å². The van der Waals surface area contributed by atoms with Crippen LogP contribution in [0.2, 0.25) is 0 Å². The molecule has 1 heterocycles. The predicted octanol–water partition coefficient (Wildman–Crippen LogP) is 3.54. The van der Waals surface area contributed by atoms with Crippen molar-refractivity contribution in [2.75, 3.05) is 17.2 Å². The maximum atomic E-state index is 13.1. The molecule has 0 spiro atoms. The van der Waals surface area contributed by atoms with Gasteiger partial charge >= 0.3 is 0 Å². The molecule has 5 heteroatoms. The number of amides is 1. The summed E-state index contributed by atoms with van der Waals surface area (Å²) >= 11 is 0. The Bertz CT molecular complexity index is 611. The van der Waals surface area contributed by atoms with Gasteiger partial charge in [-0.25, -0.2) is 9.37 Å². The topological polar surface area (TPSA) is 54.0 Å². The number of halogens is 1. The molecule has 0 aliphatic carbocycles. The molecule has 0 unspecified atom stereocenters. The minimum Gasteiger partial charge on any atom is -0.370 e. The van der Waals surface area contributed by atoms with Gasteiger partial charge < -0.3 is 10.6 Å². The van der Waals surface area contributed by atoms with Crippen LogP contribution in [-0.4, -0.2) is 17.4 Å².